The largest absolute Gasteiger partial charge is 0.457 e. The van der Waals surface area contributed by atoms with Gasteiger partial charge in [-0.1, -0.05) is 61.4 Å². The molecule has 0 unspecified atom stereocenters. The minimum atomic E-state index is -1.31. The first-order valence-corrected chi connectivity index (χ1v) is 18.9. The lowest BCUT2D eigenvalue weighted by atomic mass is 9.89. The van der Waals surface area contributed by atoms with E-state index >= 15 is 0 Å². The monoisotopic (exact) mass is 749 g/mol. The standard InChI is InChI=1S/C39H55N7O8/c1-28(27-51-37(48)45-21-19-32(26-45)52-36-40-41-42-46(36)31-14-7-6-8-15-31)12-11-13-29(2)35-30(3)17-18-33(39(4,50)20-10-9-16-34(47)54-35)53-38(49)44-24-22-43(5)23-25-44/h6-8,11-15,17-18,28,30,32-33,35,50H,9-10,16,19-27H2,1-5H3/b12-11+,18-17+,29-13+/t28-,30+,32+,33+,35-,39+/m1/s1. The van der Waals surface area contributed by atoms with E-state index in [9.17, 15) is 19.5 Å². The first-order chi connectivity index (χ1) is 25.9. The number of benzene rings is 1. The van der Waals surface area contributed by atoms with Crippen LogP contribution in [0.4, 0.5) is 9.59 Å². The number of rotatable bonds is 9. The number of ether oxygens (including phenoxy) is 4. The van der Waals surface area contributed by atoms with E-state index in [0.29, 0.717) is 51.9 Å². The summed E-state index contributed by atoms with van der Waals surface area (Å²) in [5.41, 5.74) is 0.283. The molecule has 6 atom stereocenters. The number of hydrogen-bond acceptors (Lipinski definition) is 12. The van der Waals surface area contributed by atoms with Crippen LogP contribution in [0, 0.1) is 11.8 Å². The number of aromatic nitrogens is 4. The Kier molecular flexibility index (Phi) is 14.2. The summed E-state index contributed by atoms with van der Waals surface area (Å²) in [6.07, 6.45) is 9.01. The Balaban J connectivity index is 1.13. The Morgan fingerprint density at radius 2 is 1.83 bits per heavy atom. The SMILES string of the molecule is C/C(=C\C=C\[C@@H](C)COC(=O)N1CC[C@H](Oc2nnnn2-c2ccccc2)C1)[C@H]1OC(=O)CCCC[C@](C)(O)[C@@H](OC(=O)N2CCN(C)CC2)/C=C/[C@@H]1C. The van der Waals surface area contributed by atoms with Crippen molar-refractivity contribution in [2.24, 2.45) is 11.8 Å². The second-order valence-electron chi connectivity index (χ2n) is 14.8. The number of amides is 2. The molecule has 4 heterocycles. The van der Waals surface area contributed by atoms with Crippen LogP contribution in [0.5, 0.6) is 6.01 Å². The van der Waals surface area contributed by atoms with E-state index in [1.54, 1.807) is 22.8 Å². The number of allylic oxidation sites excluding steroid dienone is 2. The minimum absolute atomic E-state index is 0.0858. The minimum Gasteiger partial charge on any atom is -0.457 e. The summed E-state index contributed by atoms with van der Waals surface area (Å²) < 4.78 is 25.0. The molecule has 0 saturated carbocycles. The number of esters is 1. The molecule has 3 aliphatic heterocycles. The summed E-state index contributed by atoms with van der Waals surface area (Å²) in [6.45, 7) is 11.1. The van der Waals surface area contributed by atoms with Crippen LogP contribution in [-0.2, 0) is 19.0 Å². The van der Waals surface area contributed by atoms with Gasteiger partial charge in [0.05, 0.1) is 18.8 Å². The van der Waals surface area contributed by atoms with Gasteiger partial charge in [0.15, 0.2) is 6.10 Å². The Hall–Kier alpha value is -4.76. The van der Waals surface area contributed by atoms with Crippen molar-refractivity contribution in [1.82, 2.24) is 34.9 Å². The van der Waals surface area contributed by atoms with E-state index in [0.717, 1.165) is 24.4 Å². The van der Waals surface area contributed by atoms with Gasteiger partial charge in [-0.15, -0.1) is 0 Å². The highest BCUT2D eigenvalue weighted by atomic mass is 16.6. The summed E-state index contributed by atoms with van der Waals surface area (Å²) in [6, 6.07) is 9.70. The van der Waals surface area contributed by atoms with E-state index < -0.39 is 30.0 Å². The van der Waals surface area contributed by atoms with Gasteiger partial charge < -0.3 is 38.8 Å². The van der Waals surface area contributed by atoms with Crippen molar-refractivity contribution in [3.8, 4) is 11.7 Å². The van der Waals surface area contributed by atoms with Crippen LogP contribution in [0.1, 0.15) is 59.8 Å². The van der Waals surface area contributed by atoms with Gasteiger partial charge in [0, 0.05) is 57.4 Å². The molecule has 294 valence electrons. The summed E-state index contributed by atoms with van der Waals surface area (Å²) in [5.74, 6) is -0.673. The summed E-state index contributed by atoms with van der Waals surface area (Å²) in [5, 5.41) is 23.2. The molecule has 2 fully saturated rings. The lowest BCUT2D eigenvalue weighted by Crippen LogP contribution is -2.50. The zero-order chi connectivity index (χ0) is 38.7. The predicted molar refractivity (Wildman–Crippen MR) is 200 cm³/mol. The van der Waals surface area contributed by atoms with E-state index in [1.807, 2.05) is 82.5 Å². The molecule has 0 radical (unpaired) electrons. The molecule has 15 nitrogen and oxygen atoms in total. The van der Waals surface area contributed by atoms with Crippen LogP contribution in [0.3, 0.4) is 0 Å². The first-order valence-electron chi connectivity index (χ1n) is 18.9. The van der Waals surface area contributed by atoms with Crippen LogP contribution in [-0.4, -0.2) is 135 Å². The topological polar surface area (TPSA) is 162 Å². The normalized spacial score (nSPS) is 27.4. The molecule has 5 rings (SSSR count). The summed E-state index contributed by atoms with van der Waals surface area (Å²) in [7, 11) is 2.02. The van der Waals surface area contributed by atoms with E-state index in [4.69, 9.17) is 18.9 Å². The summed E-state index contributed by atoms with van der Waals surface area (Å²) >= 11 is 0. The zero-order valence-electron chi connectivity index (χ0n) is 32.1. The third kappa shape index (κ3) is 11.4. The Bertz CT molecular complexity index is 1640. The maximum atomic E-state index is 13.1. The molecular formula is C39H55N7O8. The van der Waals surface area contributed by atoms with E-state index in [1.165, 1.54) is 4.68 Å². The van der Waals surface area contributed by atoms with Crippen LogP contribution >= 0.6 is 0 Å². The van der Waals surface area contributed by atoms with Crippen molar-refractivity contribution in [1.29, 1.82) is 0 Å². The van der Waals surface area contributed by atoms with Gasteiger partial charge in [0.1, 0.15) is 17.8 Å². The molecule has 1 N–H and O–H groups in total. The van der Waals surface area contributed by atoms with Crippen molar-refractivity contribution in [2.45, 2.75) is 83.7 Å². The fourth-order valence-electron chi connectivity index (χ4n) is 6.60. The van der Waals surface area contributed by atoms with Crippen molar-refractivity contribution >= 4 is 18.2 Å². The number of para-hydroxylation sites is 1. The highest BCUT2D eigenvalue weighted by Gasteiger charge is 2.36. The quantitative estimate of drug-likeness (QED) is 0.165. The second-order valence-corrected chi connectivity index (χ2v) is 14.8. The van der Waals surface area contributed by atoms with Crippen LogP contribution in [0.15, 0.2) is 66.3 Å². The molecule has 15 heteroatoms. The highest BCUT2D eigenvalue weighted by Crippen LogP contribution is 2.27. The molecule has 0 aliphatic carbocycles. The molecule has 2 saturated heterocycles. The van der Waals surface area contributed by atoms with Crippen LogP contribution in [0.25, 0.3) is 5.69 Å². The number of hydrogen-bond donors (Lipinski definition) is 1. The highest BCUT2D eigenvalue weighted by molar-refractivity contribution is 5.70. The number of carbonyl (C=O) groups excluding carboxylic acids is 3. The van der Waals surface area contributed by atoms with Gasteiger partial charge >= 0.3 is 24.2 Å². The number of nitrogens with zero attached hydrogens (tertiary/aromatic N) is 7. The molecule has 1 aromatic carbocycles. The Morgan fingerprint density at radius 3 is 2.59 bits per heavy atom. The number of tetrazole rings is 1. The lowest BCUT2D eigenvalue weighted by Gasteiger charge is -2.36. The maximum Gasteiger partial charge on any atom is 0.410 e. The van der Waals surface area contributed by atoms with Gasteiger partial charge in [0.25, 0.3) is 0 Å². The number of piperazine rings is 1. The molecule has 0 bridgehead atoms. The fourth-order valence-corrected chi connectivity index (χ4v) is 6.60. The molecule has 3 aliphatic rings. The molecule has 2 amide bonds. The van der Waals surface area contributed by atoms with Crippen LogP contribution in [0.2, 0.25) is 0 Å². The zero-order valence-corrected chi connectivity index (χ0v) is 32.1. The van der Waals surface area contributed by atoms with E-state index in [2.05, 4.69) is 20.4 Å². The average molecular weight is 750 g/mol. The van der Waals surface area contributed by atoms with Crippen molar-refractivity contribution < 1.29 is 38.4 Å². The van der Waals surface area contributed by atoms with Crippen molar-refractivity contribution in [2.75, 3.05) is 52.9 Å². The Morgan fingerprint density at radius 1 is 1.07 bits per heavy atom. The van der Waals surface area contributed by atoms with Gasteiger partial charge in [-0.05, 0) is 74.4 Å². The summed E-state index contributed by atoms with van der Waals surface area (Å²) in [4.78, 5) is 44.3. The molecule has 54 heavy (non-hydrogen) atoms. The third-order valence-corrected chi connectivity index (χ3v) is 10.1. The first kappa shape index (κ1) is 40.4. The van der Waals surface area contributed by atoms with Gasteiger partial charge in [0.2, 0.25) is 0 Å². The molecule has 2 aromatic rings. The molecule has 1 aromatic heterocycles. The lowest BCUT2D eigenvalue weighted by molar-refractivity contribution is -0.149. The van der Waals surface area contributed by atoms with Gasteiger partial charge in [-0.3, -0.25) is 4.79 Å². The Labute approximate surface area is 317 Å². The van der Waals surface area contributed by atoms with Gasteiger partial charge in [-0.25, -0.2) is 9.59 Å². The number of cyclic esters (lactones) is 1. The number of aliphatic hydroxyl groups is 1. The smallest absolute Gasteiger partial charge is 0.410 e. The number of likely N-dealkylation sites (tertiary alicyclic amines) is 1. The number of likely N-dealkylation sites (N-methyl/N-ethyl adjacent to an activating group) is 1. The maximum absolute atomic E-state index is 13.1. The van der Waals surface area contributed by atoms with Gasteiger partial charge in [-0.2, -0.15) is 4.68 Å². The number of carbonyl (C=O) groups is 3. The average Bonchev–Trinajstić information content (AvgIpc) is 3.83. The second kappa shape index (κ2) is 19.0. The predicted octanol–water partition coefficient (Wildman–Crippen LogP) is 4.57. The molecular weight excluding hydrogens is 694 g/mol. The molecule has 0 spiro atoms. The van der Waals surface area contributed by atoms with Crippen molar-refractivity contribution in [3.63, 3.8) is 0 Å². The van der Waals surface area contributed by atoms with Crippen LogP contribution < -0.4 is 4.74 Å². The van der Waals surface area contributed by atoms with Crippen molar-refractivity contribution in [3.05, 3.63) is 66.3 Å². The fraction of sp³-hybridized carbons (Fsp3) is 0.590. The van der Waals surface area contributed by atoms with E-state index in [-0.39, 0.29) is 42.9 Å². The third-order valence-electron chi connectivity index (χ3n) is 10.1.